The SMILES string of the molecule is O=C(O)c1ccc(COc2cc(Br)ccc2CCc2ccccc2)cc1. The minimum Gasteiger partial charge on any atom is -0.489 e. The number of carbonyl (C=O) groups is 1. The van der Waals surface area contributed by atoms with Crippen LogP contribution in [0.25, 0.3) is 0 Å². The molecule has 0 saturated carbocycles. The van der Waals surface area contributed by atoms with E-state index in [0.29, 0.717) is 6.61 Å². The lowest BCUT2D eigenvalue weighted by Gasteiger charge is -2.13. The van der Waals surface area contributed by atoms with Gasteiger partial charge in [-0.05, 0) is 53.8 Å². The van der Waals surface area contributed by atoms with Gasteiger partial charge in [0.15, 0.2) is 0 Å². The number of ether oxygens (including phenoxy) is 1. The second-order valence-corrected chi connectivity index (χ2v) is 6.94. The molecule has 0 radical (unpaired) electrons. The van der Waals surface area contributed by atoms with E-state index in [9.17, 15) is 4.79 Å². The smallest absolute Gasteiger partial charge is 0.335 e. The van der Waals surface area contributed by atoms with E-state index in [2.05, 4.69) is 46.3 Å². The fourth-order valence-electron chi connectivity index (χ4n) is 2.70. The Labute approximate surface area is 161 Å². The first-order valence-electron chi connectivity index (χ1n) is 8.39. The lowest BCUT2D eigenvalue weighted by atomic mass is 10.0. The van der Waals surface area contributed by atoms with Gasteiger partial charge in [-0.2, -0.15) is 0 Å². The van der Waals surface area contributed by atoms with Crippen molar-refractivity contribution in [2.75, 3.05) is 0 Å². The van der Waals surface area contributed by atoms with Gasteiger partial charge in [-0.15, -0.1) is 0 Å². The molecule has 3 aromatic rings. The zero-order valence-electron chi connectivity index (χ0n) is 14.2. The van der Waals surface area contributed by atoms with Crippen molar-refractivity contribution < 1.29 is 14.6 Å². The first kappa shape index (κ1) is 18.2. The minimum absolute atomic E-state index is 0.278. The maximum atomic E-state index is 10.9. The Morgan fingerprint density at radius 2 is 1.62 bits per heavy atom. The molecule has 0 spiro atoms. The molecule has 0 saturated heterocycles. The van der Waals surface area contributed by atoms with Gasteiger partial charge in [0.1, 0.15) is 12.4 Å². The van der Waals surface area contributed by atoms with Crippen molar-refractivity contribution in [3.05, 3.63) is 99.5 Å². The molecule has 3 rings (SSSR count). The molecule has 0 aromatic heterocycles. The number of aryl methyl sites for hydroxylation is 2. The average Bonchev–Trinajstić information content (AvgIpc) is 2.66. The zero-order chi connectivity index (χ0) is 18.4. The van der Waals surface area contributed by atoms with Gasteiger partial charge in [0.25, 0.3) is 0 Å². The third-order valence-corrected chi connectivity index (χ3v) is 4.64. The normalized spacial score (nSPS) is 10.5. The van der Waals surface area contributed by atoms with E-state index < -0.39 is 5.97 Å². The minimum atomic E-state index is -0.923. The summed E-state index contributed by atoms with van der Waals surface area (Å²) >= 11 is 3.50. The molecule has 4 heteroatoms. The number of aromatic carboxylic acids is 1. The fourth-order valence-corrected chi connectivity index (χ4v) is 3.04. The third kappa shape index (κ3) is 4.96. The summed E-state index contributed by atoms with van der Waals surface area (Å²) in [4.78, 5) is 10.9. The Kier molecular flexibility index (Phi) is 6.08. The van der Waals surface area contributed by atoms with Gasteiger partial charge < -0.3 is 9.84 Å². The van der Waals surface area contributed by atoms with E-state index >= 15 is 0 Å². The van der Waals surface area contributed by atoms with Crippen LogP contribution in [0.5, 0.6) is 5.75 Å². The first-order chi connectivity index (χ1) is 12.6. The molecule has 0 aliphatic heterocycles. The number of carboxylic acid groups (broad SMARTS) is 1. The quantitative estimate of drug-likeness (QED) is 0.558. The Bertz CT molecular complexity index is 874. The summed E-state index contributed by atoms with van der Waals surface area (Å²) in [5.74, 6) is -0.0785. The van der Waals surface area contributed by atoms with Crippen LogP contribution in [0.15, 0.2) is 77.3 Å². The van der Waals surface area contributed by atoms with Crippen LogP contribution in [0.1, 0.15) is 27.0 Å². The van der Waals surface area contributed by atoms with Crippen molar-refractivity contribution >= 4 is 21.9 Å². The number of carboxylic acids is 1. The maximum Gasteiger partial charge on any atom is 0.335 e. The summed E-state index contributed by atoms with van der Waals surface area (Å²) in [5.41, 5.74) is 3.66. The van der Waals surface area contributed by atoms with Crippen LogP contribution in [0.3, 0.4) is 0 Å². The summed E-state index contributed by atoms with van der Waals surface area (Å²) in [6, 6.07) is 23.2. The standard InChI is InChI=1S/C22H19BrO3/c23-20-13-12-18(9-6-16-4-2-1-3-5-16)21(14-20)26-15-17-7-10-19(11-8-17)22(24)25/h1-5,7-8,10-14H,6,9,15H2,(H,24,25). The molecule has 0 aliphatic rings. The second kappa shape index (κ2) is 8.68. The van der Waals surface area contributed by atoms with Crippen LogP contribution >= 0.6 is 15.9 Å². The van der Waals surface area contributed by atoms with Crippen LogP contribution in [0, 0.1) is 0 Å². The molecule has 0 unspecified atom stereocenters. The molecule has 132 valence electrons. The van der Waals surface area contributed by atoms with E-state index in [1.807, 2.05) is 18.2 Å². The van der Waals surface area contributed by atoms with Crippen molar-refractivity contribution in [3.63, 3.8) is 0 Å². The zero-order valence-corrected chi connectivity index (χ0v) is 15.8. The van der Waals surface area contributed by atoms with Gasteiger partial charge in [0, 0.05) is 4.47 Å². The molecule has 0 amide bonds. The van der Waals surface area contributed by atoms with E-state index in [0.717, 1.165) is 34.2 Å². The molecule has 1 N–H and O–H groups in total. The molecule has 26 heavy (non-hydrogen) atoms. The number of benzene rings is 3. The van der Waals surface area contributed by atoms with Gasteiger partial charge in [-0.25, -0.2) is 4.79 Å². The second-order valence-electron chi connectivity index (χ2n) is 6.03. The largest absolute Gasteiger partial charge is 0.489 e. The lowest BCUT2D eigenvalue weighted by molar-refractivity contribution is 0.0697. The monoisotopic (exact) mass is 410 g/mol. The summed E-state index contributed by atoms with van der Waals surface area (Å²) in [6.45, 7) is 0.398. The maximum absolute atomic E-state index is 10.9. The number of rotatable bonds is 7. The van der Waals surface area contributed by atoms with Gasteiger partial charge in [-0.1, -0.05) is 64.5 Å². The first-order valence-corrected chi connectivity index (χ1v) is 9.18. The van der Waals surface area contributed by atoms with E-state index in [-0.39, 0.29) is 5.56 Å². The van der Waals surface area contributed by atoms with E-state index in [1.165, 1.54) is 5.56 Å². The Balaban J connectivity index is 1.68. The van der Waals surface area contributed by atoms with Gasteiger partial charge in [-0.3, -0.25) is 0 Å². The molecule has 3 nitrogen and oxygen atoms in total. The predicted molar refractivity (Wildman–Crippen MR) is 106 cm³/mol. The molecular weight excluding hydrogens is 392 g/mol. The molecule has 0 aliphatic carbocycles. The predicted octanol–water partition coefficient (Wildman–Crippen LogP) is 5.51. The number of hydrogen-bond acceptors (Lipinski definition) is 2. The van der Waals surface area contributed by atoms with Gasteiger partial charge >= 0.3 is 5.97 Å². The highest BCUT2D eigenvalue weighted by Crippen LogP contribution is 2.26. The Hall–Kier alpha value is -2.59. The summed E-state index contributed by atoms with van der Waals surface area (Å²) in [6.07, 6.45) is 1.84. The van der Waals surface area contributed by atoms with Gasteiger partial charge in [0.2, 0.25) is 0 Å². The van der Waals surface area contributed by atoms with Crippen LogP contribution < -0.4 is 4.74 Å². The van der Waals surface area contributed by atoms with Crippen molar-refractivity contribution in [2.24, 2.45) is 0 Å². The highest BCUT2D eigenvalue weighted by atomic mass is 79.9. The lowest BCUT2D eigenvalue weighted by Crippen LogP contribution is -2.01. The molecule has 0 heterocycles. The molecule has 0 atom stereocenters. The molecular formula is C22H19BrO3. The van der Waals surface area contributed by atoms with Crippen molar-refractivity contribution in [3.8, 4) is 5.75 Å². The van der Waals surface area contributed by atoms with E-state index in [1.54, 1.807) is 24.3 Å². The van der Waals surface area contributed by atoms with Gasteiger partial charge in [0.05, 0.1) is 5.56 Å². The summed E-state index contributed by atoms with van der Waals surface area (Å²) in [5, 5.41) is 8.97. The Morgan fingerprint density at radius 1 is 0.885 bits per heavy atom. The van der Waals surface area contributed by atoms with Crippen LogP contribution in [-0.2, 0) is 19.4 Å². The van der Waals surface area contributed by atoms with E-state index in [4.69, 9.17) is 9.84 Å². The number of halogens is 1. The van der Waals surface area contributed by atoms with Crippen molar-refractivity contribution in [1.29, 1.82) is 0 Å². The molecule has 0 bridgehead atoms. The highest BCUT2D eigenvalue weighted by molar-refractivity contribution is 9.10. The Morgan fingerprint density at radius 3 is 2.31 bits per heavy atom. The molecule has 0 fully saturated rings. The van der Waals surface area contributed by atoms with Crippen LogP contribution in [0.4, 0.5) is 0 Å². The number of hydrogen-bond donors (Lipinski definition) is 1. The topological polar surface area (TPSA) is 46.5 Å². The third-order valence-electron chi connectivity index (χ3n) is 4.15. The van der Waals surface area contributed by atoms with Crippen molar-refractivity contribution in [1.82, 2.24) is 0 Å². The molecule has 3 aromatic carbocycles. The highest BCUT2D eigenvalue weighted by Gasteiger charge is 2.07. The van der Waals surface area contributed by atoms with Crippen LogP contribution in [0.2, 0.25) is 0 Å². The average molecular weight is 411 g/mol. The fraction of sp³-hybridized carbons (Fsp3) is 0.136. The summed E-state index contributed by atoms with van der Waals surface area (Å²) in [7, 11) is 0. The summed E-state index contributed by atoms with van der Waals surface area (Å²) < 4.78 is 6.98. The van der Waals surface area contributed by atoms with Crippen LogP contribution in [-0.4, -0.2) is 11.1 Å². The van der Waals surface area contributed by atoms with Crippen molar-refractivity contribution in [2.45, 2.75) is 19.4 Å².